The van der Waals surface area contributed by atoms with Crippen LogP contribution in [0.4, 0.5) is 0 Å². The Bertz CT molecular complexity index is 749. The normalized spacial score (nSPS) is 77.0. The highest BCUT2D eigenvalue weighted by atomic mass is 35.5. The quantitative estimate of drug-likeness (QED) is 0.611. The molecule has 1 N–H and O–H groups in total. The molecule has 126 valence electrons. The summed E-state index contributed by atoms with van der Waals surface area (Å²) in [6.45, 7) is 0.357. The highest BCUT2D eigenvalue weighted by Gasteiger charge is 3.38. The first-order valence-corrected chi connectivity index (χ1v) is 9.38. The lowest BCUT2D eigenvalue weighted by Gasteiger charge is -3.03. The van der Waals surface area contributed by atoms with Crippen LogP contribution < -0.4 is 0 Å². The lowest BCUT2D eigenvalue weighted by molar-refractivity contribution is -0.332. The molecule has 6 saturated carbocycles. The first kappa shape index (κ1) is 15.5. The van der Waals surface area contributed by atoms with E-state index in [1.54, 1.807) is 0 Å². The van der Waals surface area contributed by atoms with Crippen molar-refractivity contribution >= 4 is 87.2 Å². The molecule has 4 nitrogen and oxygen atoms in total. The zero-order valence-electron chi connectivity index (χ0n) is 10.7. The fourth-order valence-corrected chi connectivity index (χ4v) is 13.8. The van der Waals surface area contributed by atoms with Crippen LogP contribution >= 0.6 is 81.2 Å². The number of carboxylic acid groups (broad SMARTS) is 1. The Morgan fingerprint density at radius 2 is 1.04 bits per heavy atom. The standard InChI is InChI=1S/C12H5Cl7O4/c13-5-4(3(20)21)6(14)8(5,16)11(19)9(5,17)7(4,15)10(6,18)12(11)22-1-2-23-12/h1-2H2,(H,20,21)/t4?,5?,6-,7+,8-,9-,10?,11?/m1/s1. The van der Waals surface area contributed by atoms with Crippen molar-refractivity contribution in [1.82, 2.24) is 0 Å². The summed E-state index contributed by atoms with van der Waals surface area (Å²) in [6, 6.07) is 0. The molecule has 7 fully saturated rings. The minimum absolute atomic E-state index is 0.179. The average Bonchev–Trinajstić information content (AvgIpc) is 3.01. The molecule has 0 aromatic rings. The molecule has 0 aromatic carbocycles. The number of carbonyl (C=O) groups is 1. The molecule has 1 aliphatic heterocycles. The zero-order valence-corrected chi connectivity index (χ0v) is 16.0. The van der Waals surface area contributed by atoms with Crippen molar-refractivity contribution in [1.29, 1.82) is 0 Å². The van der Waals surface area contributed by atoms with Gasteiger partial charge < -0.3 is 14.6 Å². The second-order valence-electron chi connectivity index (χ2n) is 6.98. The Balaban J connectivity index is 1.81. The summed E-state index contributed by atoms with van der Waals surface area (Å²) < 4.78 is 11.5. The van der Waals surface area contributed by atoms with Crippen molar-refractivity contribution in [2.45, 2.75) is 39.9 Å². The van der Waals surface area contributed by atoms with Crippen molar-refractivity contribution in [2.24, 2.45) is 5.41 Å². The summed E-state index contributed by atoms with van der Waals surface area (Å²) in [5, 5.41) is 9.89. The van der Waals surface area contributed by atoms with Crippen molar-refractivity contribution < 1.29 is 19.4 Å². The van der Waals surface area contributed by atoms with Gasteiger partial charge in [0.05, 0.1) is 13.2 Å². The number of aliphatic carboxylic acids is 1. The smallest absolute Gasteiger partial charge is 0.315 e. The molecule has 11 heteroatoms. The molecule has 1 heterocycles. The molecule has 6 aliphatic carbocycles. The van der Waals surface area contributed by atoms with Gasteiger partial charge in [-0.2, -0.15) is 0 Å². The van der Waals surface area contributed by atoms with Crippen molar-refractivity contribution in [3.05, 3.63) is 0 Å². The molecule has 8 atom stereocenters. The van der Waals surface area contributed by atoms with Crippen LogP contribution in [0, 0.1) is 5.41 Å². The van der Waals surface area contributed by atoms with Crippen LogP contribution in [0.25, 0.3) is 0 Å². The average molecular weight is 461 g/mol. The number of rotatable bonds is 1. The van der Waals surface area contributed by atoms with E-state index in [0.29, 0.717) is 0 Å². The molecule has 4 unspecified atom stereocenters. The van der Waals surface area contributed by atoms with Gasteiger partial charge in [-0.3, -0.25) is 4.79 Å². The van der Waals surface area contributed by atoms with Gasteiger partial charge >= 0.3 is 5.97 Å². The third-order valence-corrected chi connectivity index (χ3v) is 13.9. The Hall–Kier alpha value is 1.42. The number of alkyl halides is 7. The van der Waals surface area contributed by atoms with E-state index >= 15 is 0 Å². The molecule has 23 heavy (non-hydrogen) atoms. The summed E-state index contributed by atoms with van der Waals surface area (Å²) in [4.78, 5) is 0.310. The predicted octanol–water partition coefficient (Wildman–Crippen LogP) is 2.71. The highest BCUT2D eigenvalue weighted by molar-refractivity contribution is 6.72. The molecular weight excluding hydrogens is 456 g/mol. The Morgan fingerprint density at radius 3 is 1.43 bits per heavy atom. The number of carboxylic acids is 1. The second kappa shape index (κ2) is 3.02. The van der Waals surface area contributed by atoms with Gasteiger partial charge in [-0.25, -0.2) is 0 Å². The van der Waals surface area contributed by atoms with Crippen molar-refractivity contribution in [2.75, 3.05) is 13.2 Å². The first-order chi connectivity index (χ1) is 10.4. The van der Waals surface area contributed by atoms with E-state index in [0.717, 1.165) is 0 Å². The Labute approximate surface area is 164 Å². The third-order valence-electron chi connectivity index (χ3n) is 7.27. The van der Waals surface area contributed by atoms with Crippen LogP contribution in [0.5, 0.6) is 0 Å². The molecule has 7 rings (SSSR count). The fraction of sp³-hybridized carbons (Fsp3) is 0.917. The molecule has 7 aliphatic rings. The van der Waals surface area contributed by atoms with Crippen LogP contribution in [-0.4, -0.2) is 64.2 Å². The van der Waals surface area contributed by atoms with Gasteiger partial charge in [-0.1, -0.05) is 0 Å². The fourth-order valence-electron chi connectivity index (χ4n) is 7.02. The van der Waals surface area contributed by atoms with Gasteiger partial charge in [-0.05, 0) is 0 Å². The van der Waals surface area contributed by atoms with E-state index in [1.165, 1.54) is 0 Å². The molecule has 0 radical (unpaired) electrons. The number of hydrogen-bond donors (Lipinski definition) is 1. The maximum atomic E-state index is 12.1. The van der Waals surface area contributed by atoms with Crippen LogP contribution in [0.15, 0.2) is 0 Å². The van der Waals surface area contributed by atoms with E-state index in [4.69, 9.17) is 90.7 Å². The van der Waals surface area contributed by atoms with Gasteiger partial charge in [0.1, 0.15) is 39.5 Å². The van der Waals surface area contributed by atoms with Crippen LogP contribution in [-0.2, 0) is 14.3 Å². The summed E-state index contributed by atoms with van der Waals surface area (Å²) in [5.41, 5.74) is -1.82. The van der Waals surface area contributed by atoms with E-state index < -0.39 is 51.3 Å². The van der Waals surface area contributed by atoms with Crippen molar-refractivity contribution in [3.8, 4) is 0 Å². The molecule has 1 spiro atoms. The van der Waals surface area contributed by atoms with Crippen LogP contribution in [0.2, 0.25) is 0 Å². The minimum atomic E-state index is -1.82. The second-order valence-corrected chi connectivity index (χ2v) is 10.9. The van der Waals surface area contributed by atoms with Gasteiger partial charge in [0.15, 0.2) is 0 Å². The lowest BCUT2D eigenvalue weighted by atomic mass is 9.10. The zero-order chi connectivity index (χ0) is 16.9. The van der Waals surface area contributed by atoms with E-state index in [1.807, 2.05) is 0 Å². The first-order valence-electron chi connectivity index (χ1n) is 6.74. The highest BCUT2D eigenvalue weighted by Crippen LogP contribution is 3.17. The molecule has 0 amide bonds. The van der Waals surface area contributed by atoms with Gasteiger partial charge in [0.2, 0.25) is 5.79 Å². The van der Waals surface area contributed by atoms with E-state index in [2.05, 4.69) is 0 Å². The summed E-state index contributed by atoms with van der Waals surface area (Å²) in [5.74, 6) is -3.01. The monoisotopic (exact) mass is 458 g/mol. The number of hydrogen-bond acceptors (Lipinski definition) is 3. The Morgan fingerprint density at radius 1 is 0.696 bits per heavy atom. The maximum Gasteiger partial charge on any atom is 0.315 e. The SMILES string of the molecule is O=C(O)C12C3(Cl)[C@]4(Cl)C5(Cl)C6(OCCO6)C(Cl)([C@@]14Cl)[C@@]2(Cl)[C@@]53Cl. The van der Waals surface area contributed by atoms with E-state index in [-0.39, 0.29) is 13.2 Å². The number of ether oxygens (including phenoxy) is 2. The molecular formula is C12H5Cl7O4. The van der Waals surface area contributed by atoms with E-state index in [9.17, 15) is 9.90 Å². The number of halogens is 7. The van der Waals surface area contributed by atoms with Gasteiger partial charge in [0.25, 0.3) is 0 Å². The Kier molecular flexibility index (Phi) is 2.03. The van der Waals surface area contributed by atoms with Gasteiger partial charge in [0, 0.05) is 0 Å². The summed E-state index contributed by atoms with van der Waals surface area (Å²) >= 11 is 47.4. The van der Waals surface area contributed by atoms with Crippen LogP contribution in [0.1, 0.15) is 0 Å². The third kappa shape index (κ3) is 0.604. The summed E-state index contributed by atoms with van der Waals surface area (Å²) in [7, 11) is 0. The maximum absolute atomic E-state index is 12.1. The largest absolute Gasteiger partial charge is 0.481 e. The van der Waals surface area contributed by atoms with Gasteiger partial charge in [-0.15, -0.1) is 81.2 Å². The van der Waals surface area contributed by atoms with Crippen molar-refractivity contribution in [3.63, 3.8) is 0 Å². The molecule has 1 saturated heterocycles. The lowest BCUT2D eigenvalue weighted by Crippen LogP contribution is -3.26. The predicted molar refractivity (Wildman–Crippen MR) is 84.8 cm³/mol. The molecule has 0 aromatic heterocycles. The summed E-state index contributed by atoms with van der Waals surface area (Å²) in [6.07, 6.45) is 0. The van der Waals surface area contributed by atoms with Crippen LogP contribution in [0.3, 0.4) is 0 Å². The minimum Gasteiger partial charge on any atom is -0.481 e. The topological polar surface area (TPSA) is 55.8 Å². The molecule has 2 bridgehead atoms.